The third kappa shape index (κ3) is 2.93. The van der Waals surface area contributed by atoms with E-state index in [0.29, 0.717) is 16.9 Å². The number of rotatable bonds is 4. The fourth-order valence-electron chi connectivity index (χ4n) is 1.34. The Morgan fingerprint density at radius 1 is 1.44 bits per heavy atom. The van der Waals surface area contributed by atoms with Gasteiger partial charge in [0, 0.05) is 11.6 Å². The van der Waals surface area contributed by atoms with E-state index >= 15 is 0 Å². The van der Waals surface area contributed by atoms with E-state index < -0.39 is 11.0 Å². The average molecular weight is 225 g/mol. The average Bonchev–Trinajstić information content (AvgIpc) is 2.18. The smallest absolute Gasteiger partial charge is 0.272 e. The number of hydrogen-bond acceptors (Lipinski definition) is 4. The molecule has 1 aromatic rings. The highest BCUT2D eigenvalue weighted by molar-refractivity contribution is 5.49. The van der Waals surface area contributed by atoms with Gasteiger partial charge < -0.3 is 9.84 Å². The summed E-state index contributed by atoms with van der Waals surface area (Å²) in [6, 6.07) is 3.10. The van der Waals surface area contributed by atoms with Gasteiger partial charge in [0.15, 0.2) is 0 Å². The summed E-state index contributed by atoms with van der Waals surface area (Å²) >= 11 is 0. The Balaban J connectivity index is 2.96. The van der Waals surface area contributed by atoms with Crippen molar-refractivity contribution in [1.82, 2.24) is 0 Å². The van der Waals surface area contributed by atoms with Crippen LogP contribution in [0.25, 0.3) is 0 Å². The van der Waals surface area contributed by atoms with Gasteiger partial charge in [-0.05, 0) is 32.4 Å². The first kappa shape index (κ1) is 12.4. The molecular formula is C11H15NO4. The van der Waals surface area contributed by atoms with Crippen molar-refractivity contribution in [2.24, 2.45) is 0 Å². The number of ether oxygens (including phenoxy) is 1. The molecule has 0 radical (unpaired) electrons. The number of nitro benzene ring substituents is 1. The van der Waals surface area contributed by atoms with Gasteiger partial charge in [-0.25, -0.2) is 0 Å². The molecule has 0 amide bonds. The lowest BCUT2D eigenvalue weighted by molar-refractivity contribution is -0.385. The fraction of sp³-hybridized carbons (Fsp3) is 0.455. The second kappa shape index (κ2) is 4.94. The van der Waals surface area contributed by atoms with E-state index in [-0.39, 0.29) is 12.3 Å². The zero-order chi connectivity index (χ0) is 12.3. The van der Waals surface area contributed by atoms with Crippen molar-refractivity contribution in [3.05, 3.63) is 33.4 Å². The molecule has 0 aromatic heterocycles. The fourth-order valence-corrected chi connectivity index (χ4v) is 1.34. The Morgan fingerprint density at radius 3 is 2.56 bits per heavy atom. The first-order chi connectivity index (χ1) is 7.41. The molecule has 16 heavy (non-hydrogen) atoms. The number of aliphatic hydroxyl groups is 1. The van der Waals surface area contributed by atoms with Crippen LogP contribution in [0.1, 0.15) is 18.1 Å². The van der Waals surface area contributed by atoms with Crippen LogP contribution in [0.2, 0.25) is 0 Å². The van der Waals surface area contributed by atoms with Crippen LogP contribution in [-0.4, -0.2) is 22.7 Å². The van der Waals surface area contributed by atoms with Gasteiger partial charge in [-0.1, -0.05) is 0 Å². The molecule has 0 saturated heterocycles. The van der Waals surface area contributed by atoms with Crippen LogP contribution in [0.15, 0.2) is 12.1 Å². The quantitative estimate of drug-likeness (QED) is 0.628. The lowest BCUT2D eigenvalue weighted by Gasteiger charge is -2.11. The molecule has 1 aromatic carbocycles. The molecule has 1 atom stereocenters. The zero-order valence-corrected chi connectivity index (χ0v) is 9.56. The SMILES string of the molecule is Cc1cc([N+](=O)[O-])c(C)cc1OCC(C)O. The molecule has 5 heteroatoms. The molecule has 1 rings (SSSR count). The van der Waals surface area contributed by atoms with Crippen LogP contribution < -0.4 is 4.74 Å². The summed E-state index contributed by atoms with van der Waals surface area (Å²) in [5.41, 5.74) is 1.33. The van der Waals surface area contributed by atoms with E-state index in [4.69, 9.17) is 9.84 Å². The lowest BCUT2D eigenvalue weighted by atomic mass is 10.1. The van der Waals surface area contributed by atoms with Crippen molar-refractivity contribution >= 4 is 5.69 Å². The Bertz CT molecular complexity index is 401. The minimum Gasteiger partial charge on any atom is -0.491 e. The Morgan fingerprint density at radius 2 is 2.06 bits per heavy atom. The van der Waals surface area contributed by atoms with Gasteiger partial charge in [0.2, 0.25) is 0 Å². The second-order valence-corrected chi connectivity index (χ2v) is 3.82. The van der Waals surface area contributed by atoms with E-state index in [1.807, 2.05) is 0 Å². The van der Waals surface area contributed by atoms with Crippen molar-refractivity contribution in [1.29, 1.82) is 0 Å². The molecule has 0 spiro atoms. The third-order valence-electron chi connectivity index (χ3n) is 2.17. The molecule has 1 unspecified atom stereocenters. The van der Waals surface area contributed by atoms with E-state index in [1.54, 1.807) is 26.8 Å². The standard InChI is InChI=1S/C11H15NO4/c1-7-5-11(16-6-9(3)13)8(2)4-10(7)12(14)15/h4-5,9,13H,6H2,1-3H3. The highest BCUT2D eigenvalue weighted by Gasteiger charge is 2.14. The highest BCUT2D eigenvalue weighted by Crippen LogP contribution is 2.27. The Kier molecular flexibility index (Phi) is 3.84. The van der Waals surface area contributed by atoms with E-state index in [1.165, 1.54) is 6.07 Å². The summed E-state index contributed by atoms with van der Waals surface area (Å²) in [6.07, 6.45) is -0.560. The van der Waals surface area contributed by atoms with Crippen molar-refractivity contribution < 1.29 is 14.8 Å². The number of nitro groups is 1. The predicted molar refractivity (Wildman–Crippen MR) is 59.7 cm³/mol. The van der Waals surface area contributed by atoms with E-state index in [9.17, 15) is 10.1 Å². The topological polar surface area (TPSA) is 72.6 Å². The van der Waals surface area contributed by atoms with Gasteiger partial charge in [0.25, 0.3) is 5.69 Å². The maximum Gasteiger partial charge on any atom is 0.272 e. The summed E-state index contributed by atoms with van der Waals surface area (Å²) in [6.45, 7) is 5.20. The van der Waals surface area contributed by atoms with Crippen LogP contribution in [0.3, 0.4) is 0 Å². The van der Waals surface area contributed by atoms with Crippen LogP contribution in [0.5, 0.6) is 5.75 Å². The lowest BCUT2D eigenvalue weighted by Crippen LogP contribution is -2.13. The highest BCUT2D eigenvalue weighted by atomic mass is 16.6. The molecule has 0 heterocycles. The minimum absolute atomic E-state index is 0.0851. The molecule has 0 aliphatic heterocycles. The van der Waals surface area contributed by atoms with E-state index in [0.717, 1.165) is 0 Å². The van der Waals surface area contributed by atoms with Gasteiger partial charge in [0.05, 0.1) is 11.0 Å². The second-order valence-electron chi connectivity index (χ2n) is 3.82. The summed E-state index contributed by atoms with van der Waals surface area (Å²) in [4.78, 5) is 10.3. The van der Waals surface area contributed by atoms with Crippen LogP contribution in [0, 0.1) is 24.0 Å². The molecule has 0 aliphatic rings. The third-order valence-corrected chi connectivity index (χ3v) is 2.17. The van der Waals surface area contributed by atoms with Crippen LogP contribution in [-0.2, 0) is 0 Å². The van der Waals surface area contributed by atoms with Crippen molar-refractivity contribution in [3.8, 4) is 5.75 Å². The Labute approximate surface area is 93.8 Å². The van der Waals surface area contributed by atoms with Crippen molar-refractivity contribution in [2.75, 3.05) is 6.61 Å². The molecule has 0 fully saturated rings. The molecule has 0 bridgehead atoms. The summed E-state index contributed by atoms with van der Waals surface area (Å²) in [5.74, 6) is 0.573. The first-order valence-corrected chi connectivity index (χ1v) is 4.98. The van der Waals surface area contributed by atoms with Crippen molar-refractivity contribution in [2.45, 2.75) is 26.9 Å². The van der Waals surface area contributed by atoms with Crippen LogP contribution >= 0.6 is 0 Å². The molecule has 88 valence electrons. The number of benzene rings is 1. The number of hydrogen-bond donors (Lipinski definition) is 1. The van der Waals surface area contributed by atoms with Gasteiger partial charge >= 0.3 is 0 Å². The molecule has 5 nitrogen and oxygen atoms in total. The first-order valence-electron chi connectivity index (χ1n) is 4.98. The summed E-state index contributed by atoms with van der Waals surface area (Å²) in [5, 5.41) is 19.8. The molecule has 1 N–H and O–H groups in total. The van der Waals surface area contributed by atoms with Crippen LogP contribution in [0.4, 0.5) is 5.69 Å². The summed E-state index contributed by atoms with van der Waals surface area (Å²) in [7, 11) is 0. The predicted octanol–water partition coefficient (Wildman–Crippen LogP) is 1.97. The molecular weight excluding hydrogens is 210 g/mol. The maximum atomic E-state index is 10.7. The van der Waals surface area contributed by atoms with Crippen molar-refractivity contribution in [3.63, 3.8) is 0 Å². The van der Waals surface area contributed by atoms with Gasteiger partial charge in [0.1, 0.15) is 12.4 Å². The van der Waals surface area contributed by atoms with Gasteiger partial charge in [-0.15, -0.1) is 0 Å². The van der Waals surface area contributed by atoms with E-state index in [2.05, 4.69) is 0 Å². The van der Waals surface area contributed by atoms with Gasteiger partial charge in [-0.2, -0.15) is 0 Å². The molecule has 0 saturated carbocycles. The monoisotopic (exact) mass is 225 g/mol. The minimum atomic E-state index is -0.560. The normalized spacial score (nSPS) is 12.2. The summed E-state index contributed by atoms with van der Waals surface area (Å²) < 4.78 is 5.34. The number of aliphatic hydroxyl groups excluding tert-OH is 1. The Hall–Kier alpha value is -1.62. The zero-order valence-electron chi connectivity index (χ0n) is 9.56. The maximum absolute atomic E-state index is 10.7. The van der Waals surface area contributed by atoms with Gasteiger partial charge in [-0.3, -0.25) is 10.1 Å². The largest absolute Gasteiger partial charge is 0.491 e. The number of nitrogens with zero attached hydrogens (tertiary/aromatic N) is 1. The molecule has 0 aliphatic carbocycles. The number of aryl methyl sites for hydroxylation is 2.